The molecule has 7 nitrogen and oxygen atoms in total. The Hall–Kier alpha value is -3.74. The third-order valence-electron chi connectivity index (χ3n) is 5.34. The van der Waals surface area contributed by atoms with Crippen molar-refractivity contribution < 1.29 is 23.8 Å². The van der Waals surface area contributed by atoms with Gasteiger partial charge in [0.2, 0.25) is 0 Å². The van der Waals surface area contributed by atoms with Gasteiger partial charge in [0.25, 0.3) is 5.91 Å². The second-order valence-corrected chi connectivity index (χ2v) is 7.13. The molecule has 1 amide bonds. The molecule has 1 aromatic heterocycles. The summed E-state index contributed by atoms with van der Waals surface area (Å²) in [5.74, 6) is 0.628. The SMILES string of the molecule is CCOC(=O)C1=CN(C(=O)c2cccc(OC)c2)CCc2c1[nH]c1ccc(OC)cc21. The van der Waals surface area contributed by atoms with E-state index in [2.05, 4.69) is 4.98 Å². The van der Waals surface area contributed by atoms with Crippen LogP contribution in [-0.4, -0.2) is 49.1 Å². The van der Waals surface area contributed by atoms with Gasteiger partial charge in [0, 0.05) is 29.2 Å². The van der Waals surface area contributed by atoms with E-state index in [1.54, 1.807) is 56.5 Å². The lowest BCUT2D eigenvalue weighted by atomic mass is 10.0. The topological polar surface area (TPSA) is 80.9 Å². The van der Waals surface area contributed by atoms with Gasteiger partial charge in [-0.2, -0.15) is 0 Å². The highest BCUT2D eigenvalue weighted by Crippen LogP contribution is 2.33. The van der Waals surface area contributed by atoms with Crippen molar-refractivity contribution >= 4 is 28.4 Å². The molecule has 1 aliphatic rings. The zero-order chi connectivity index (χ0) is 22.0. The quantitative estimate of drug-likeness (QED) is 0.635. The summed E-state index contributed by atoms with van der Waals surface area (Å²) in [6.07, 6.45) is 2.15. The molecule has 0 spiro atoms. The van der Waals surface area contributed by atoms with E-state index in [-0.39, 0.29) is 12.5 Å². The van der Waals surface area contributed by atoms with Crippen molar-refractivity contribution in [1.29, 1.82) is 0 Å². The average molecular weight is 420 g/mol. The number of hydrogen-bond acceptors (Lipinski definition) is 5. The number of esters is 1. The van der Waals surface area contributed by atoms with Crippen molar-refractivity contribution in [3.63, 3.8) is 0 Å². The van der Waals surface area contributed by atoms with E-state index in [1.807, 2.05) is 18.2 Å². The number of ether oxygens (including phenoxy) is 3. The Morgan fingerprint density at radius 1 is 1.06 bits per heavy atom. The molecule has 0 fully saturated rings. The van der Waals surface area contributed by atoms with Gasteiger partial charge < -0.3 is 24.1 Å². The van der Waals surface area contributed by atoms with Crippen LogP contribution in [0, 0.1) is 0 Å². The number of benzene rings is 2. The minimum Gasteiger partial charge on any atom is -0.497 e. The van der Waals surface area contributed by atoms with Crippen molar-refractivity contribution in [3.8, 4) is 11.5 Å². The molecule has 2 heterocycles. The molecule has 160 valence electrons. The first-order valence-electron chi connectivity index (χ1n) is 10.1. The lowest BCUT2D eigenvalue weighted by Crippen LogP contribution is -2.28. The standard InChI is InChI=1S/C24H24N2O5/c1-4-31-24(28)20-14-26(23(27)15-6-5-7-16(12-15)29-2)11-10-18-19-13-17(30-3)8-9-21(19)25-22(18)20/h5-9,12-14,25H,4,10-11H2,1-3H3. The summed E-state index contributed by atoms with van der Waals surface area (Å²) in [5.41, 5.74) is 3.32. The number of amides is 1. The highest BCUT2D eigenvalue weighted by molar-refractivity contribution is 6.18. The smallest absolute Gasteiger partial charge is 0.341 e. The van der Waals surface area contributed by atoms with Gasteiger partial charge in [-0.25, -0.2) is 4.79 Å². The minimum atomic E-state index is -0.479. The number of rotatable bonds is 5. The highest BCUT2D eigenvalue weighted by Gasteiger charge is 2.28. The van der Waals surface area contributed by atoms with Crippen LogP contribution in [-0.2, 0) is 16.0 Å². The van der Waals surface area contributed by atoms with Crippen LogP contribution in [0.3, 0.4) is 0 Å². The summed E-state index contributed by atoms with van der Waals surface area (Å²) in [6, 6.07) is 12.7. The molecule has 7 heteroatoms. The first-order chi connectivity index (χ1) is 15.0. The summed E-state index contributed by atoms with van der Waals surface area (Å²) < 4.78 is 15.9. The second-order valence-electron chi connectivity index (χ2n) is 7.13. The monoisotopic (exact) mass is 420 g/mol. The molecule has 0 bridgehead atoms. The molecule has 0 radical (unpaired) electrons. The molecule has 0 saturated carbocycles. The lowest BCUT2D eigenvalue weighted by molar-refractivity contribution is -0.136. The Morgan fingerprint density at radius 2 is 1.84 bits per heavy atom. The fourth-order valence-corrected chi connectivity index (χ4v) is 3.81. The number of hydrogen-bond donors (Lipinski definition) is 1. The molecule has 1 aliphatic heterocycles. The van der Waals surface area contributed by atoms with E-state index in [0.717, 1.165) is 22.2 Å². The van der Waals surface area contributed by atoms with Crippen LogP contribution in [0.25, 0.3) is 16.5 Å². The zero-order valence-electron chi connectivity index (χ0n) is 17.7. The van der Waals surface area contributed by atoms with E-state index in [1.165, 1.54) is 0 Å². The van der Waals surface area contributed by atoms with Crippen LogP contribution in [0.15, 0.2) is 48.7 Å². The number of aromatic amines is 1. The number of H-pyrrole nitrogens is 1. The first kappa shape index (κ1) is 20.5. The molecular formula is C24H24N2O5. The summed E-state index contributed by atoms with van der Waals surface area (Å²) in [6.45, 7) is 2.41. The van der Waals surface area contributed by atoms with Gasteiger partial charge in [-0.15, -0.1) is 0 Å². The second kappa shape index (κ2) is 8.55. The van der Waals surface area contributed by atoms with Crippen molar-refractivity contribution in [3.05, 3.63) is 65.5 Å². The molecule has 2 aromatic carbocycles. The third kappa shape index (κ3) is 3.86. The summed E-state index contributed by atoms with van der Waals surface area (Å²) in [5, 5.41) is 0.959. The van der Waals surface area contributed by atoms with Gasteiger partial charge in [0.1, 0.15) is 11.5 Å². The fraction of sp³-hybridized carbons (Fsp3) is 0.250. The van der Waals surface area contributed by atoms with E-state index in [0.29, 0.717) is 35.5 Å². The van der Waals surface area contributed by atoms with E-state index in [4.69, 9.17) is 14.2 Å². The largest absolute Gasteiger partial charge is 0.497 e. The number of carbonyl (C=O) groups is 2. The van der Waals surface area contributed by atoms with E-state index >= 15 is 0 Å². The van der Waals surface area contributed by atoms with Crippen LogP contribution >= 0.6 is 0 Å². The number of nitrogens with one attached hydrogen (secondary N) is 1. The number of methoxy groups -OCH3 is 2. The van der Waals surface area contributed by atoms with Crippen LogP contribution in [0.1, 0.15) is 28.5 Å². The molecular weight excluding hydrogens is 396 g/mol. The van der Waals surface area contributed by atoms with Gasteiger partial charge >= 0.3 is 5.97 Å². The molecule has 0 saturated heterocycles. The summed E-state index contributed by atoms with van der Waals surface area (Å²) in [4.78, 5) is 30.9. The Bertz CT molecular complexity index is 1180. The fourth-order valence-electron chi connectivity index (χ4n) is 3.81. The number of aromatic nitrogens is 1. The van der Waals surface area contributed by atoms with Gasteiger partial charge in [-0.1, -0.05) is 6.07 Å². The van der Waals surface area contributed by atoms with Gasteiger partial charge in [0.05, 0.1) is 32.1 Å². The Labute approximate surface area is 180 Å². The van der Waals surface area contributed by atoms with Gasteiger partial charge in [-0.3, -0.25) is 4.79 Å². The molecule has 4 rings (SSSR count). The predicted molar refractivity (Wildman–Crippen MR) is 117 cm³/mol. The van der Waals surface area contributed by atoms with Crippen LogP contribution in [0.4, 0.5) is 0 Å². The van der Waals surface area contributed by atoms with Crippen molar-refractivity contribution in [2.45, 2.75) is 13.3 Å². The molecule has 31 heavy (non-hydrogen) atoms. The maximum atomic E-state index is 13.2. The molecule has 3 aromatic rings. The van der Waals surface area contributed by atoms with Crippen molar-refractivity contribution in [2.75, 3.05) is 27.4 Å². The van der Waals surface area contributed by atoms with Gasteiger partial charge in [0.15, 0.2) is 0 Å². The average Bonchev–Trinajstić information content (AvgIpc) is 3.04. The minimum absolute atomic E-state index is 0.215. The van der Waals surface area contributed by atoms with Crippen LogP contribution in [0.5, 0.6) is 11.5 Å². The Balaban J connectivity index is 1.79. The number of carbonyl (C=O) groups excluding carboxylic acids is 2. The van der Waals surface area contributed by atoms with Crippen molar-refractivity contribution in [1.82, 2.24) is 9.88 Å². The van der Waals surface area contributed by atoms with Gasteiger partial charge in [-0.05, 0) is 55.3 Å². The zero-order valence-corrected chi connectivity index (χ0v) is 17.7. The Kier molecular flexibility index (Phi) is 5.66. The van der Waals surface area contributed by atoms with Crippen LogP contribution in [0.2, 0.25) is 0 Å². The molecule has 0 atom stereocenters. The third-order valence-corrected chi connectivity index (χ3v) is 5.34. The van der Waals surface area contributed by atoms with E-state index in [9.17, 15) is 9.59 Å². The maximum Gasteiger partial charge on any atom is 0.341 e. The highest BCUT2D eigenvalue weighted by atomic mass is 16.5. The normalized spacial score (nSPS) is 13.3. The van der Waals surface area contributed by atoms with E-state index < -0.39 is 5.97 Å². The first-order valence-corrected chi connectivity index (χ1v) is 10.1. The lowest BCUT2D eigenvalue weighted by Gasteiger charge is -2.18. The number of fused-ring (bicyclic) bond motifs is 3. The summed E-state index contributed by atoms with van der Waals surface area (Å²) >= 11 is 0. The maximum absolute atomic E-state index is 13.2. The summed E-state index contributed by atoms with van der Waals surface area (Å²) in [7, 11) is 3.17. The number of nitrogens with zero attached hydrogens (tertiary/aromatic N) is 1. The molecule has 0 aliphatic carbocycles. The van der Waals surface area contributed by atoms with Crippen LogP contribution < -0.4 is 9.47 Å². The molecule has 1 N–H and O–H groups in total. The molecule has 0 unspecified atom stereocenters. The Morgan fingerprint density at radius 3 is 2.58 bits per heavy atom. The van der Waals surface area contributed by atoms with Crippen molar-refractivity contribution in [2.24, 2.45) is 0 Å². The predicted octanol–water partition coefficient (Wildman–Crippen LogP) is 3.79.